The predicted octanol–water partition coefficient (Wildman–Crippen LogP) is 4.94. The number of rotatable bonds is 10. The summed E-state index contributed by atoms with van der Waals surface area (Å²) in [6.45, 7) is 5.36. The molecule has 0 aliphatic carbocycles. The van der Waals surface area contributed by atoms with E-state index in [1.165, 1.54) is 0 Å². The van der Waals surface area contributed by atoms with E-state index in [2.05, 4.69) is 15.5 Å². The maximum atomic E-state index is 13.4. The monoisotopic (exact) mass is 713 g/mol. The Morgan fingerprint density at radius 2 is 1.74 bits per heavy atom. The molecule has 5 aromatic rings. The number of benzene rings is 2. The number of fused-ring (bicyclic) bond motifs is 1. The Balaban J connectivity index is 1.05. The van der Waals surface area contributed by atoms with E-state index in [1.807, 2.05) is 60.8 Å². The zero-order chi connectivity index (χ0) is 34.6. The first-order valence-corrected chi connectivity index (χ1v) is 17.5. The van der Waals surface area contributed by atoms with Crippen LogP contribution in [0.15, 0.2) is 65.6 Å². The first-order valence-electron chi connectivity index (χ1n) is 16.7. The van der Waals surface area contributed by atoms with Gasteiger partial charge in [-0.3, -0.25) is 19.1 Å². The highest BCUT2D eigenvalue weighted by Crippen LogP contribution is 2.43. The number of amides is 1. The Morgan fingerprint density at radius 1 is 1.02 bits per heavy atom. The van der Waals surface area contributed by atoms with Crippen LogP contribution in [0.25, 0.3) is 39.0 Å². The van der Waals surface area contributed by atoms with Crippen LogP contribution in [0.4, 0.5) is 0 Å². The molecule has 258 valence electrons. The van der Waals surface area contributed by atoms with Gasteiger partial charge in [-0.25, -0.2) is 9.50 Å². The van der Waals surface area contributed by atoms with E-state index in [4.69, 9.17) is 42.8 Å². The van der Waals surface area contributed by atoms with Gasteiger partial charge in [0.25, 0.3) is 5.56 Å². The molecule has 1 unspecified atom stereocenters. The number of nitrogens with zero attached hydrogens (tertiary/aromatic N) is 5. The number of hydrogen-bond acceptors (Lipinski definition) is 8. The van der Waals surface area contributed by atoms with E-state index >= 15 is 0 Å². The molecule has 50 heavy (non-hydrogen) atoms. The molecule has 1 atom stereocenters. The molecule has 3 aliphatic heterocycles. The summed E-state index contributed by atoms with van der Waals surface area (Å²) >= 11 is 14.2. The Morgan fingerprint density at radius 3 is 2.42 bits per heavy atom. The van der Waals surface area contributed by atoms with E-state index in [9.17, 15) is 9.59 Å². The zero-order valence-electron chi connectivity index (χ0n) is 27.8. The molecule has 3 saturated heterocycles. The predicted molar refractivity (Wildman–Crippen MR) is 193 cm³/mol. The first kappa shape index (κ1) is 32.9. The van der Waals surface area contributed by atoms with Crippen LogP contribution < -0.4 is 20.9 Å². The van der Waals surface area contributed by atoms with E-state index in [-0.39, 0.29) is 22.9 Å². The van der Waals surface area contributed by atoms with Gasteiger partial charge in [-0.2, -0.15) is 5.10 Å². The largest absolute Gasteiger partial charge is 0.481 e. The molecule has 8 rings (SSSR count). The quantitative estimate of drug-likeness (QED) is 0.209. The Kier molecular flexibility index (Phi) is 8.64. The van der Waals surface area contributed by atoms with Gasteiger partial charge in [0.1, 0.15) is 11.3 Å². The number of carbonyl (C=O) groups is 1. The number of pyridine rings is 1. The van der Waals surface area contributed by atoms with Crippen LogP contribution in [0, 0.1) is 5.41 Å². The van der Waals surface area contributed by atoms with Crippen molar-refractivity contribution in [3.05, 3.63) is 92.6 Å². The second-order valence-electron chi connectivity index (χ2n) is 13.6. The summed E-state index contributed by atoms with van der Waals surface area (Å²) in [5.41, 5.74) is 6.02. The van der Waals surface area contributed by atoms with Crippen molar-refractivity contribution in [1.82, 2.24) is 34.7 Å². The fourth-order valence-corrected chi connectivity index (χ4v) is 7.95. The molecule has 1 amide bonds. The average molecular weight is 715 g/mol. The highest BCUT2D eigenvalue weighted by Gasteiger charge is 2.49. The van der Waals surface area contributed by atoms with Gasteiger partial charge in [0.2, 0.25) is 11.8 Å². The number of hydrogen-bond donors (Lipinski definition) is 2. The van der Waals surface area contributed by atoms with Crippen molar-refractivity contribution in [2.24, 2.45) is 12.5 Å². The third kappa shape index (κ3) is 5.96. The molecule has 0 radical (unpaired) electrons. The van der Waals surface area contributed by atoms with Crippen LogP contribution in [-0.4, -0.2) is 76.0 Å². The van der Waals surface area contributed by atoms with E-state index in [0.717, 1.165) is 66.1 Å². The minimum absolute atomic E-state index is 0.0973. The molecule has 6 heterocycles. The summed E-state index contributed by atoms with van der Waals surface area (Å²) < 4.78 is 14.4. The Hall–Kier alpha value is -4.26. The molecule has 1 spiro atoms. The van der Waals surface area contributed by atoms with Gasteiger partial charge < -0.3 is 20.1 Å². The van der Waals surface area contributed by atoms with Gasteiger partial charge in [0.15, 0.2) is 0 Å². The van der Waals surface area contributed by atoms with Crippen molar-refractivity contribution < 1.29 is 14.3 Å². The fourth-order valence-electron chi connectivity index (χ4n) is 7.29. The number of aromatic nitrogens is 4. The second-order valence-corrected chi connectivity index (χ2v) is 14.4. The van der Waals surface area contributed by atoms with Crippen LogP contribution in [0.2, 0.25) is 10.0 Å². The van der Waals surface area contributed by atoms with Crippen LogP contribution in [0.1, 0.15) is 24.2 Å². The second kappa shape index (κ2) is 13.1. The number of methoxy groups -OCH3 is 1. The highest BCUT2D eigenvalue weighted by molar-refractivity contribution is 6.39. The molecule has 0 saturated carbocycles. The fraction of sp³-hybridized carbons (Fsp3) is 0.351. The number of carbonyl (C=O) groups excluding carboxylic acids is 1. The average Bonchev–Trinajstić information content (AvgIpc) is 3.70. The van der Waals surface area contributed by atoms with Crippen LogP contribution in [0.5, 0.6) is 5.88 Å². The molecule has 0 bridgehead atoms. The van der Waals surface area contributed by atoms with Crippen molar-refractivity contribution in [1.29, 1.82) is 0 Å². The van der Waals surface area contributed by atoms with Crippen molar-refractivity contribution in [2.75, 3.05) is 40.0 Å². The normalized spacial score (nSPS) is 18.3. The number of likely N-dealkylation sites (tertiary alicyclic amines) is 1. The summed E-state index contributed by atoms with van der Waals surface area (Å²) in [5, 5.41) is 12.2. The summed E-state index contributed by atoms with van der Waals surface area (Å²) in [6, 6.07) is 17.5. The molecule has 13 heteroatoms. The van der Waals surface area contributed by atoms with Gasteiger partial charge in [0.05, 0.1) is 42.6 Å². The Bertz CT molecular complexity index is 2190. The molecule has 3 aliphatic rings. The lowest BCUT2D eigenvalue weighted by Crippen LogP contribution is -2.65. The van der Waals surface area contributed by atoms with Crippen molar-refractivity contribution >= 4 is 34.6 Å². The molecule has 2 aromatic carbocycles. The Labute approximate surface area is 299 Å². The number of nitrogens with one attached hydrogen (secondary N) is 2. The first-order chi connectivity index (χ1) is 24.2. The topological polar surface area (TPSA) is 115 Å². The smallest absolute Gasteiger partial charge is 0.277 e. The molecule has 3 aromatic heterocycles. The standard InChI is InChI=1S/C37H37Cl2N7O4/c1-44-31(17-45-18-37(19-45)20-50-21-37)43-46-16-23(13-30(46)36(44)48)25-5-3-6-26(33(25)38)27-7-4-8-28(34(27)39)29-11-9-22(35(42-29)49-2)14-40-15-24-10-12-32(47)41-24/h3-9,11,13,16,24,40H,10,12,14-15,17-21H2,1-2H3,(H,41,47). The third-order valence-corrected chi connectivity index (χ3v) is 10.8. The van der Waals surface area contributed by atoms with Gasteiger partial charge in [-0.15, -0.1) is 0 Å². The zero-order valence-corrected chi connectivity index (χ0v) is 29.4. The summed E-state index contributed by atoms with van der Waals surface area (Å²) in [5.74, 6) is 1.30. The van der Waals surface area contributed by atoms with Crippen LogP contribution in [0.3, 0.4) is 0 Å². The lowest BCUT2D eigenvalue weighted by Gasteiger charge is -2.55. The molecule has 3 fully saturated rings. The van der Waals surface area contributed by atoms with E-state index in [0.29, 0.717) is 59.0 Å². The lowest BCUT2D eigenvalue weighted by molar-refractivity contribution is -0.191. The summed E-state index contributed by atoms with van der Waals surface area (Å²) in [6.07, 6.45) is 3.26. The molecular formula is C37H37Cl2N7O4. The summed E-state index contributed by atoms with van der Waals surface area (Å²) in [7, 11) is 3.37. The number of halogens is 2. The van der Waals surface area contributed by atoms with Crippen molar-refractivity contribution in [2.45, 2.75) is 32.0 Å². The van der Waals surface area contributed by atoms with Crippen LogP contribution in [-0.2, 0) is 29.7 Å². The van der Waals surface area contributed by atoms with Crippen LogP contribution >= 0.6 is 23.2 Å². The number of ether oxygens (including phenoxy) is 2. The van der Waals surface area contributed by atoms with E-state index < -0.39 is 0 Å². The SMILES string of the molecule is COc1nc(-c2cccc(-c3cccc(-c4cc5c(=O)n(C)c(CN6CC7(COC7)C6)nn5c4)c3Cl)c2Cl)ccc1CNCC1CCC(=O)N1. The van der Waals surface area contributed by atoms with Gasteiger partial charge in [-0.05, 0) is 18.6 Å². The maximum absolute atomic E-state index is 13.4. The van der Waals surface area contributed by atoms with Gasteiger partial charge in [-0.1, -0.05) is 65.7 Å². The van der Waals surface area contributed by atoms with Gasteiger partial charge >= 0.3 is 0 Å². The molecule has 11 nitrogen and oxygen atoms in total. The van der Waals surface area contributed by atoms with Gasteiger partial charge in [0, 0.05) is 90.7 Å². The maximum Gasteiger partial charge on any atom is 0.277 e. The van der Waals surface area contributed by atoms with E-state index in [1.54, 1.807) is 23.2 Å². The minimum Gasteiger partial charge on any atom is -0.481 e. The minimum atomic E-state index is -0.112. The summed E-state index contributed by atoms with van der Waals surface area (Å²) in [4.78, 5) is 32.1. The molecule has 2 N–H and O–H groups in total. The molecular weight excluding hydrogens is 677 g/mol. The highest BCUT2D eigenvalue weighted by atomic mass is 35.5. The lowest BCUT2D eigenvalue weighted by atomic mass is 9.78. The third-order valence-electron chi connectivity index (χ3n) is 10.0. The van der Waals surface area contributed by atoms with Crippen molar-refractivity contribution in [3.63, 3.8) is 0 Å². The van der Waals surface area contributed by atoms with Crippen molar-refractivity contribution in [3.8, 4) is 39.4 Å².